The van der Waals surface area contributed by atoms with Gasteiger partial charge in [-0.1, -0.05) is 7.43 Å². The van der Waals surface area contributed by atoms with E-state index >= 15 is 0 Å². The first-order valence-electron chi connectivity index (χ1n) is 2.86. The van der Waals surface area contributed by atoms with Crippen LogP contribution in [0.5, 0.6) is 0 Å². The summed E-state index contributed by atoms with van der Waals surface area (Å²) in [6.07, 6.45) is 0. The molecule has 0 bridgehead atoms. The third-order valence-electron chi connectivity index (χ3n) is 0.192. The summed E-state index contributed by atoms with van der Waals surface area (Å²) >= 11 is 0. The van der Waals surface area contributed by atoms with Crippen molar-refractivity contribution < 1.29 is 43.7 Å². The molecule has 0 saturated heterocycles. The maximum absolute atomic E-state index is 8.95. The van der Waals surface area contributed by atoms with Gasteiger partial charge in [0.15, 0.2) is 0 Å². The first-order chi connectivity index (χ1) is 6.83. The van der Waals surface area contributed by atoms with Crippen LogP contribution in [0.4, 0.5) is 0 Å². The SMILES string of the molecule is C.CO.CO.COC=O.COC=O.O.[C-]#[O+].[HH].[HH].[HH]. The number of rotatable bonds is 2. The molecule has 4 N–H and O–H groups in total. The Morgan fingerprint density at radius 2 is 1.06 bits per heavy atom. The van der Waals surface area contributed by atoms with Gasteiger partial charge in [-0.3, -0.25) is 9.59 Å². The molecule has 0 aromatic rings. The summed E-state index contributed by atoms with van der Waals surface area (Å²) in [7, 11) is 4.62. The molecule has 0 aromatic carbocycles. The van der Waals surface area contributed by atoms with E-state index in [1.165, 1.54) is 14.2 Å². The summed E-state index contributed by atoms with van der Waals surface area (Å²) in [6.45, 7) is 5.25. The predicted octanol–water partition coefficient (Wildman–Crippen LogP) is -0.693. The van der Waals surface area contributed by atoms with Crippen molar-refractivity contribution in [3.8, 4) is 0 Å². The Morgan fingerprint density at radius 3 is 1.06 bits per heavy atom. The van der Waals surface area contributed by atoms with Crippen LogP contribution < -0.4 is 0 Å². The third-order valence-corrected chi connectivity index (χ3v) is 0.192. The molecule has 0 spiro atoms. The molecule has 0 rings (SSSR count). The van der Waals surface area contributed by atoms with Gasteiger partial charge in [0.2, 0.25) is 0 Å². The topological polar surface area (TPSA) is 144 Å². The van der Waals surface area contributed by atoms with E-state index in [0.29, 0.717) is 12.9 Å². The van der Waals surface area contributed by atoms with Crippen LogP contribution in [0.2, 0.25) is 0 Å². The Balaban J connectivity index is -0.00000000649. The van der Waals surface area contributed by atoms with Crippen LogP contribution in [0.3, 0.4) is 0 Å². The Labute approximate surface area is 100 Å². The van der Waals surface area contributed by atoms with Gasteiger partial charge in [-0.2, -0.15) is 0 Å². The molecular weight excluding hydrogens is 224 g/mol. The quantitative estimate of drug-likeness (QED) is 0.378. The summed E-state index contributed by atoms with van der Waals surface area (Å²) in [5, 5.41) is 14.0. The van der Waals surface area contributed by atoms with Gasteiger partial charge in [-0.05, 0) is 0 Å². The normalized spacial score (nSPS) is 3.50. The van der Waals surface area contributed by atoms with E-state index in [9.17, 15) is 0 Å². The second-order valence-electron chi connectivity index (χ2n) is 0.664. The molecule has 0 amide bonds. The molecule has 0 aliphatic carbocycles. The molecule has 0 aliphatic rings. The maximum Gasteiger partial charge on any atom is 0 e. The largest absolute Gasteiger partial charge is 0 e. The van der Waals surface area contributed by atoms with Gasteiger partial charge >= 0.3 is 11.3 Å². The zero-order valence-corrected chi connectivity index (χ0v) is 9.09. The van der Waals surface area contributed by atoms with Crippen molar-refractivity contribution >= 4 is 12.9 Å². The molecular formula is C8H28O8. The first-order valence-corrected chi connectivity index (χ1v) is 2.86. The molecule has 0 heterocycles. The van der Waals surface area contributed by atoms with Crippen LogP contribution in [-0.2, 0) is 23.7 Å². The minimum atomic E-state index is 0. The van der Waals surface area contributed by atoms with Gasteiger partial charge in [-0.15, -0.1) is 0 Å². The van der Waals surface area contributed by atoms with E-state index in [-0.39, 0.29) is 17.2 Å². The number of methoxy groups -OCH3 is 2. The van der Waals surface area contributed by atoms with Gasteiger partial charge in [0, 0.05) is 18.5 Å². The minimum absolute atomic E-state index is 0. The predicted molar refractivity (Wildman–Crippen MR) is 63.0 cm³/mol. The van der Waals surface area contributed by atoms with Crippen LogP contribution in [0.1, 0.15) is 11.7 Å². The number of aliphatic hydroxyl groups excluding tert-OH is 2. The molecule has 0 aromatic heterocycles. The van der Waals surface area contributed by atoms with Crippen LogP contribution in [0.25, 0.3) is 0 Å². The minimum Gasteiger partial charge on any atom is 0 e. The number of hydrogen-bond acceptors (Lipinski definition) is 6. The fourth-order valence-corrected chi connectivity index (χ4v) is 0. The van der Waals surface area contributed by atoms with Crippen LogP contribution in [0.15, 0.2) is 0 Å². The average Bonchev–Trinajstić information content (AvgIpc) is 2.36. The first kappa shape index (κ1) is 46.8. The van der Waals surface area contributed by atoms with Gasteiger partial charge in [-0.25, -0.2) is 0 Å². The molecule has 8 nitrogen and oxygen atoms in total. The monoisotopic (exact) mass is 252 g/mol. The zero-order valence-electron chi connectivity index (χ0n) is 9.09. The standard InChI is InChI=1S/2C2H4O2.2CH4O.CO.CH4.H2O.3H2/c2*1-4-2-3;3*1-2;;;;;/h2*2H,1H3;2*2H,1H3;;1H4;1H2;3*1H. The van der Waals surface area contributed by atoms with Gasteiger partial charge in [0.25, 0.3) is 12.9 Å². The molecule has 0 aliphatic heterocycles. The molecule has 0 saturated carbocycles. The molecule has 16 heavy (non-hydrogen) atoms. The van der Waals surface area contributed by atoms with Crippen molar-refractivity contribution in [2.45, 2.75) is 7.43 Å². The smallest absolute Gasteiger partial charge is 0 e. The van der Waals surface area contributed by atoms with E-state index in [4.69, 9.17) is 24.5 Å². The number of carbonyl (C=O) groups excluding carboxylic acids is 2. The number of ether oxygens (including phenoxy) is 2. The molecule has 8 heteroatoms. The van der Waals surface area contributed by atoms with Gasteiger partial charge in [0.05, 0.1) is 14.2 Å². The maximum atomic E-state index is 8.95. The Bertz CT molecular complexity index is 87.3. The summed E-state index contributed by atoms with van der Waals surface area (Å²) in [5.74, 6) is 0. The summed E-state index contributed by atoms with van der Waals surface area (Å²) in [6, 6.07) is 0. The molecule has 108 valence electrons. The van der Waals surface area contributed by atoms with E-state index in [1.54, 1.807) is 0 Å². The Morgan fingerprint density at radius 1 is 1.00 bits per heavy atom. The van der Waals surface area contributed by atoms with Crippen molar-refractivity contribution in [2.24, 2.45) is 0 Å². The zero-order chi connectivity index (χ0) is 12.8. The van der Waals surface area contributed by atoms with Crippen molar-refractivity contribution in [3.05, 3.63) is 6.65 Å². The van der Waals surface area contributed by atoms with E-state index in [0.717, 1.165) is 14.2 Å². The Hall–Kier alpha value is -1.44. The number of aliphatic hydroxyl groups is 2. The van der Waals surface area contributed by atoms with Crippen molar-refractivity contribution in [1.82, 2.24) is 0 Å². The van der Waals surface area contributed by atoms with Crippen LogP contribution in [0, 0.1) is 6.65 Å². The van der Waals surface area contributed by atoms with Crippen molar-refractivity contribution in [3.63, 3.8) is 0 Å². The molecule has 0 unspecified atom stereocenters. The van der Waals surface area contributed by atoms with E-state index in [1.807, 2.05) is 0 Å². The Kier molecular flexibility index (Phi) is 956. The average molecular weight is 252 g/mol. The van der Waals surface area contributed by atoms with Gasteiger partial charge < -0.3 is 25.2 Å². The summed E-state index contributed by atoms with van der Waals surface area (Å²) in [4.78, 5) is 17.9. The van der Waals surface area contributed by atoms with Gasteiger partial charge in [0.1, 0.15) is 0 Å². The molecule has 0 fully saturated rings. The number of hydrogen-bond donors (Lipinski definition) is 2. The summed E-state index contributed by atoms with van der Waals surface area (Å²) in [5.41, 5.74) is 0. The number of carbonyl (C=O) groups is 2. The van der Waals surface area contributed by atoms with Crippen LogP contribution in [-0.4, -0.2) is 57.1 Å². The molecule has 0 radical (unpaired) electrons. The third kappa shape index (κ3) is 5350. The second-order valence-corrected chi connectivity index (χ2v) is 0.664. The van der Waals surface area contributed by atoms with Crippen LogP contribution >= 0.6 is 0 Å². The van der Waals surface area contributed by atoms with Crippen molar-refractivity contribution in [1.29, 1.82) is 0 Å². The fourth-order valence-electron chi connectivity index (χ4n) is 0. The van der Waals surface area contributed by atoms with E-state index in [2.05, 4.69) is 16.1 Å². The fraction of sp³-hybridized carbons (Fsp3) is 0.625. The second kappa shape index (κ2) is 326. The molecule has 0 atom stereocenters. The van der Waals surface area contributed by atoms with Crippen molar-refractivity contribution in [2.75, 3.05) is 28.4 Å². The summed E-state index contributed by atoms with van der Waals surface area (Å²) < 4.78 is 15.2. The van der Waals surface area contributed by atoms with E-state index < -0.39 is 0 Å².